The first kappa shape index (κ1) is 27.6. The summed E-state index contributed by atoms with van der Waals surface area (Å²) in [6, 6.07) is 6.86. The molecule has 1 amide bonds. The second-order valence-corrected chi connectivity index (χ2v) is 13.4. The van der Waals surface area contributed by atoms with E-state index in [4.69, 9.17) is 4.99 Å². The Kier molecular flexibility index (Phi) is 8.00. The summed E-state index contributed by atoms with van der Waals surface area (Å²) in [5.74, 6) is 1.60. The molecule has 11 heteroatoms. The van der Waals surface area contributed by atoms with Crippen molar-refractivity contribution in [1.82, 2.24) is 19.2 Å². The van der Waals surface area contributed by atoms with Crippen LogP contribution in [0.5, 0.6) is 5.88 Å². The second kappa shape index (κ2) is 11.3. The van der Waals surface area contributed by atoms with Gasteiger partial charge in [-0.2, -0.15) is 0 Å². The molecule has 1 aromatic heterocycles. The number of piperidine rings is 1. The lowest BCUT2D eigenvalue weighted by Crippen LogP contribution is -2.51. The lowest BCUT2D eigenvalue weighted by atomic mass is 9.79. The predicted octanol–water partition coefficient (Wildman–Crippen LogP) is 3.10. The highest BCUT2D eigenvalue weighted by Crippen LogP contribution is 2.37. The SMILES string of the molecule is CCCCC1CCC(C2=NC3(CCN(S(=O)(=O)CCc4ccc(-n5c(O)c[nH]c5=O)cc4)CC3)C(=O)N2)CC1. The monoisotopic (exact) mass is 557 g/mol. The number of benzene rings is 1. The Morgan fingerprint density at radius 3 is 2.38 bits per heavy atom. The topological polar surface area (TPSA) is 137 Å². The molecule has 0 radical (unpaired) electrons. The Balaban J connectivity index is 1.15. The number of rotatable bonds is 9. The zero-order valence-electron chi connectivity index (χ0n) is 22.6. The molecule has 3 aliphatic rings. The van der Waals surface area contributed by atoms with Gasteiger partial charge in [-0.05, 0) is 68.6 Å². The van der Waals surface area contributed by atoms with Crippen LogP contribution in [0.25, 0.3) is 5.69 Å². The minimum atomic E-state index is -3.51. The van der Waals surface area contributed by atoms with Gasteiger partial charge < -0.3 is 15.4 Å². The van der Waals surface area contributed by atoms with Gasteiger partial charge in [0.1, 0.15) is 11.4 Å². The number of imidazole rings is 1. The number of aromatic amines is 1. The van der Waals surface area contributed by atoms with Gasteiger partial charge in [0.2, 0.25) is 15.9 Å². The lowest BCUT2D eigenvalue weighted by Gasteiger charge is -2.34. The fraction of sp³-hybridized carbons (Fsp3) is 0.607. The van der Waals surface area contributed by atoms with E-state index in [2.05, 4.69) is 17.2 Å². The van der Waals surface area contributed by atoms with Crippen LogP contribution in [-0.4, -0.2) is 63.5 Å². The zero-order chi connectivity index (χ0) is 27.6. The van der Waals surface area contributed by atoms with E-state index < -0.39 is 21.3 Å². The minimum Gasteiger partial charge on any atom is -0.493 e. The molecule has 3 N–H and O–H groups in total. The molecule has 3 heterocycles. The molecular weight excluding hydrogens is 518 g/mol. The normalized spacial score (nSPS) is 23.6. The number of nitrogens with one attached hydrogen (secondary N) is 2. The first-order valence-corrected chi connectivity index (χ1v) is 15.8. The number of aliphatic imine (C=N–C) groups is 1. The third-order valence-corrected chi connectivity index (χ3v) is 10.6. The lowest BCUT2D eigenvalue weighted by molar-refractivity contribution is -0.125. The van der Waals surface area contributed by atoms with Crippen molar-refractivity contribution in [1.29, 1.82) is 0 Å². The van der Waals surface area contributed by atoms with E-state index >= 15 is 0 Å². The van der Waals surface area contributed by atoms with Crippen LogP contribution in [-0.2, 0) is 21.2 Å². The van der Waals surface area contributed by atoms with Gasteiger partial charge in [0, 0.05) is 19.0 Å². The first-order chi connectivity index (χ1) is 18.7. The number of hydrogen-bond acceptors (Lipinski definition) is 6. The number of carbonyl (C=O) groups excluding carboxylic acids is 1. The van der Waals surface area contributed by atoms with Gasteiger partial charge in [0.25, 0.3) is 5.91 Å². The van der Waals surface area contributed by atoms with Crippen molar-refractivity contribution in [2.24, 2.45) is 16.8 Å². The summed E-state index contributed by atoms with van der Waals surface area (Å²) >= 11 is 0. The quantitative estimate of drug-likeness (QED) is 0.435. The van der Waals surface area contributed by atoms with E-state index in [0.717, 1.165) is 34.7 Å². The van der Waals surface area contributed by atoms with E-state index in [1.54, 1.807) is 24.3 Å². The van der Waals surface area contributed by atoms with Crippen LogP contribution in [0, 0.1) is 11.8 Å². The molecule has 2 aromatic rings. The first-order valence-electron chi connectivity index (χ1n) is 14.2. The van der Waals surface area contributed by atoms with E-state index in [1.165, 1.54) is 42.6 Å². The van der Waals surface area contributed by atoms with Crippen molar-refractivity contribution in [2.45, 2.75) is 76.7 Å². The van der Waals surface area contributed by atoms with Gasteiger partial charge in [0.15, 0.2) is 0 Å². The highest BCUT2D eigenvalue weighted by molar-refractivity contribution is 7.89. The summed E-state index contributed by atoms with van der Waals surface area (Å²) < 4.78 is 28.8. The third kappa shape index (κ3) is 5.84. The smallest absolute Gasteiger partial charge is 0.333 e. The molecule has 2 aliphatic heterocycles. The van der Waals surface area contributed by atoms with Crippen molar-refractivity contribution in [3.05, 3.63) is 46.5 Å². The fourth-order valence-corrected chi connectivity index (χ4v) is 7.71. The average molecular weight is 558 g/mol. The second-order valence-electron chi connectivity index (χ2n) is 11.3. The van der Waals surface area contributed by atoms with Gasteiger partial charge in [-0.3, -0.25) is 9.79 Å². The number of aryl methyl sites for hydroxylation is 1. The van der Waals surface area contributed by atoms with Gasteiger partial charge in [-0.15, -0.1) is 0 Å². The molecule has 1 saturated heterocycles. The van der Waals surface area contributed by atoms with E-state index in [0.29, 0.717) is 30.9 Å². The van der Waals surface area contributed by atoms with Crippen molar-refractivity contribution >= 4 is 21.8 Å². The van der Waals surface area contributed by atoms with Crippen LogP contribution in [0.2, 0.25) is 0 Å². The van der Waals surface area contributed by atoms with Gasteiger partial charge in [0.05, 0.1) is 17.6 Å². The molecular formula is C28H39N5O5S. The summed E-state index contributed by atoms with van der Waals surface area (Å²) in [6.07, 6.45) is 10.6. The molecule has 10 nitrogen and oxygen atoms in total. The van der Waals surface area contributed by atoms with Crippen molar-refractivity contribution in [2.75, 3.05) is 18.8 Å². The number of nitrogens with zero attached hydrogens (tertiary/aromatic N) is 3. The number of aromatic hydroxyl groups is 1. The summed E-state index contributed by atoms with van der Waals surface area (Å²) in [5.41, 5.74) is 0.0181. The summed E-state index contributed by atoms with van der Waals surface area (Å²) in [7, 11) is -3.51. The minimum absolute atomic E-state index is 0.0450. The summed E-state index contributed by atoms with van der Waals surface area (Å²) in [4.78, 5) is 32.2. The zero-order valence-corrected chi connectivity index (χ0v) is 23.4. The summed E-state index contributed by atoms with van der Waals surface area (Å²) in [5, 5.41) is 12.9. The number of carbonyl (C=O) groups is 1. The Morgan fingerprint density at radius 1 is 1.08 bits per heavy atom. The highest BCUT2D eigenvalue weighted by atomic mass is 32.2. The van der Waals surface area contributed by atoms with Crippen LogP contribution in [0.4, 0.5) is 0 Å². The number of aromatic nitrogens is 2. The summed E-state index contributed by atoms with van der Waals surface area (Å²) in [6.45, 7) is 2.79. The van der Waals surface area contributed by atoms with Crippen LogP contribution in [0.3, 0.4) is 0 Å². The van der Waals surface area contributed by atoms with Gasteiger partial charge in [-0.1, -0.05) is 38.3 Å². The third-order valence-electron chi connectivity index (χ3n) is 8.74. The molecule has 2 fully saturated rings. The average Bonchev–Trinajstić information content (AvgIpc) is 3.44. The van der Waals surface area contributed by atoms with Crippen LogP contribution in [0.1, 0.15) is 70.3 Å². The van der Waals surface area contributed by atoms with E-state index in [1.807, 2.05) is 0 Å². The number of unbranched alkanes of at least 4 members (excludes halogenated alkanes) is 1. The highest BCUT2D eigenvalue weighted by Gasteiger charge is 2.48. The van der Waals surface area contributed by atoms with E-state index in [9.17, 15) is 23.1 Å². The molecule has 0 bridgehead atoms. The van der Waals surface area contributed by atoms with Gasteiger partial charge >= 0.3 is 5.69 Å². The molecule has 0 atom stereocenters. The van der Waals surface area contributed by atoms with Crippen molar-refractivity contribution in [3.63, 3.8) is 0 Å². The molecule has 39 heavy (non-hydrogen) atoms. The number of H-pyrrole nitrogens is 1. The molecule has 1 saturated carbocycles. The molecule has 1 aliphatic carbocycles. The molecule has 0 unspecified atom stereocenters. The largest absolute Gasteiger partial charge is 0.493 e. The maximum Gasteiger partial charge on any atom is 0.333 e. The van der Waals surface area contributed by atoms with Crippen LogP contribution in [0.15, 0.2) is 40.2 Å². The maximum absolute atomic E-state index is 13.1. The number of sulfonamides is 1. The standard InChI is InChI=1S/C28H39N5O5S/c1-2-3-4-20-5-9-22(10-6-20)25-30-26(35)28(31-25)14-16-32(17-15-28)39(37,38)18-13-21-7-11-23(12-8-21)33-24(34)19-29-27(33)36/h7-8,11-12,19-20,22,34H,2-6,9-10,13-18H2,1H3,(H,29,36)(H,30,31,35). The number of hydrogen-bond donors (Lipinski definition) is 3. The Morgan fingerprint density at radius 2 is 1.77 bits per heavy atom. The van der Waals surface area contributed by atoms with Crippen molar-refractivity contribution in [3.8, 4) is 11.6 Å². The Hall–Kier alpha value is -2.92. The van der Waals surface area contributed by atoms with Gasteiger partial charge in [-0.25, -0.2) is 22.1 Å². The van der Waals surface area contributed by atoms with E-state index in [-0.39, 0.29) is 30.6 Å². The number of amides is 1. The Bertz CT molecular complexity index is 1360. The molecule has 5 rings (SSSR count). The maximum atomic E-state index is 13.1. The molecule has 1 aromatic carbocycles. The van der Waals surface area contributed by atoms with Crippen molar-refractivity contribution < 1.29 is 18.3 Å². The van der Waals surface area contributed by atoms with Crippen LogP contribution < -0.4 is 11.0 Å². The number of amidine groups is 1. The predicted molar refractivity (Wildman–Crippen MR) is 150 cm³/mol. The fourth-order valence-electron chi connectivity index (χ4n) is 6.22. The molecule has 1 spiro atoms. The Labute approximate surface area is 229 Å². The van der Waals surface area contributed by atoms with Crippen LogP contribution >= 0.6 is 0 Å². The molecule has 212 valence electrons.